The van der Waals surface area contributed by atoms with E-state index in [4.69, 9.17) is 4.74 Å². The number of hydrogen-bond donors (Lipinski definition) is 0. The fraction of sp³-hybridized carbons (Fsp3) is 0.929. The van der Waals surface area contributed by atoms with Gasteiger partial charge >= 0.3 is 6.03 Å². The zero-order chi connectivity index (χ0) is 13.0. The minimum Gasteiger partial charge on any atom is -0.381 e. The fourth-order valence-corrected chi connectivity index (χ4v) is 2.86. The number of hydrogen-bond acceptors (Lipinski definition) is 2. The van der Waals surface area contributed by atoms with Gasteiger partial charge in [-0.15, -0.1) is 0 Å². The molecule has 0 aliphatic carbocycles. The van der Waals surface area contributed by atoms with Crippen molar-refractivity contribution in [2.24, 2.45) is 11.8 Å². The number of rotatable bonds is 2. The molecule has 0 bridgehead atoms. The van der Waals surface area contributed by atoms with Crippen molar-refractivity contribution in [2.45, 2.75) is 32.6 Å². The van der Waals surface area contributed by atoms with Gasteiger partial charge in [0.05, 0.1) is 6.61 Å². The third-order valence-electron chi connectivity index (χ3n) is 4.17. The van der Waals surface area contributed by atoms with Gasteiger partial charge in [0.1, 0.15) is 0 Å². The molecule has 0 aromatic heterocycles. The van der Waals surface area contributed by atoms with Crippen molar-refractivity contribution in [1.29, 1.82) is 0 Å². The second kappa shape index (κ2) is 6.41. The van der Waals surface area contributed by atoms with Gasteiger partial charge in [-0.1, -0.05) is 6.92 Å². The van der Waals surface area contributed by atoms with Crippen LogP contribution in [-0.2, 0) is 4.74 Å². The maximum Gasteiger partial charge on any atom is 0.319 e. The summed E-state index contributed by atoms with van der Waals surface area (Å²) in [6.07, 6.45) is 4.61. The van der Waals surface area contributed by atoms with E-state index in [1.54, 1.807) is 0 Å². The SMILES string of the molecule is CC1CCN(C(=O)N(C)CC2CCCOC2)CC1. The van der Waals surface area contributed by atoms with Crippen molar-refractivity contribution in [3.05, 3.63) is 0 Å². The number of nitrogens with zero attached hydrogens (tertiary/aromatic N) is 2. The molecule has 2 fully saturated rings. The molecule has 0 aromatic rings. The van der Waals surface area contributed by atoms with Crippen LogP contribution in [0.1, 0.15) is 32.6 Å². The van der Waals surface area contributed by atoms with E-state index >= 15 is 0 Å². The minimum atomic E-state index is 0.201. The van der Waals surface area contributed by atoms with Crippen LogP contribution in [0.5, 0.6) is 0 Å². The third kappa shape index (κ3) is 3.61. The van der Waals surface area contributed by atoms with Crippen LogP contribution < -0.4 is 0 Å². The Morgan fingerprint density at radius 3 is 2.67 bits per heavy atom. The molecular formula is C14H26N2O2. The van der Waals surface area contributed by atoms with Gasteiger partial charge in [0.15, 0.2) is 0 Å². The number of carbonyl (C=O) groups is 1. The maximum atomic E-state index is 12.3. The van der Waals surface area contributed by atoms with Crippen LogP contribution in [0.4, 0.5) is 4.79 Å². The van der Waals surface area contributed by atoms with Crippen LogP contribution in [0.15, 0.2) is 0 Å². The quantitative estimate of drug-likeness (QED) is 0.757. The van der Waals surface area contributed by atoms with Gasteiger partial charge in [0.25, 0.3) is 0 Å². The van der Waals surface area contributed by atoms with Crippen molar-refractivity contribution in [3.8, 4) is 0 Å². The first-order valence-electron chi connectivity index (χ1n) is 7.24. The molecule has 4 nitrogen and oxygen atoms in total. The van der Waals surface area contributed by atoms with Crippen molar-refractivity contribution in [2.75, 3.05) is 39.9 Å². The summed E-state index contributed by atoms with van der Waals surface area (Å²) >= 11 is 0. The normalized spacial score (nSPS) is 26.1. The Bertz CT molecular complexity index is 269. The second-order valence-corrected chi connectivity index (χ2v) is 5.92. The standard InChI is InChI=1S/C14H26N2O2/c1-12-5-7-16(8-6-12)14(17)15(2)10-13-4-3-9-18-11-13/h12-13H,3-11H2,1-2H3. The van der Waals surface area contributed by atoms with E-state index in [0.29, 0.717) is 5.92 Å². The number of ether oxygens (including phenoxy) is 1. The lowest BCUT2D eigenvalue weighted by atomic mass is 9.99. The summed E-state index contributed by atoms with van der Waals surface area (Å²) in [6, 6.07) is 0.201. The average Bonchev–Trinajstić information content (AvgIpc) is 2.40. The first-order chi connectivity index (χ1) is 8.66. The van der Waals surface area contributed by atoms with Gasteiger partial charge in [-0.2, -0.15) is 0 Å². The minimum absolute atomic E-state index is 0.201. The molecule has 2 aliphatic heterocycles. The van der Waals surface area contributed by atoms with Gasteiger partial charge in [-0.25, -0.2) is 4.79 Å². The largest absolute Gasteiger partial charge is 0.381 e. The van der Waals surface area contributed by atoms with Gasteiger partial charge in [-0.3, -0.25) is 0 Å². The maximum absolute atomic E-state index is 12.3. The first kappa shape index (κ1) is 13.7. The summed E-state index contributed by atoms with van der Waals surface area (Å²) in [7, 11) is 1.93. The Morgan fingerprint density at radius 2 is 2.06 bits per heavy atom. The molecule has 2 amide bonds. The lowest BCUT2D eigenvalue weighted by Gasteiger charge is -2.35. The highest BCUT2D eigenvalue weighted by molar-refractivity contribution is 5.74. The molecule has 0 aromatic carbocycles. The fourth-order valence-electron chi connectivity index (χ4n) is 2.86. The van der Waals surface area contributed by atoms with E-state index < -0.39 is 0 Å². The summed E-state index contributed by atoms with van der Waals surface area (Å²) in [5.41, 5.74) is 0. The van der Waals surface area contributed by atoms with Gasteiger partial charge < -0.3 is 14.5 Å². The topological polar surface area (TPSA) is 32.8 Å². The summed E-state index contributed by atoms with van der Waals surface area (Å²) < 4.78 is 5.47. The molecule has 0 N–H and O–H groups in total. The summed E-state index contributed by atoms with van der Waals surface area (Å²) in [6.45, 7) is 6.65. The Morgan fingerprint density at radius 1 is 1.33 bits per heavy atom. The van der Waals surface area contributed by atoms with Crippen LogP contribution >= 0.6 is 0 Å². The van der Waals surface area contributed by atoms with Crippen LogP contribution in [0.2, 0.25) is 0 Å². The highest BCUT2D eigenvalue weighted by Gasteiger charge is 2.25. The smallest absolute Gasteiger partial charge is 0.319 e. The van der Waals surface area contributed by atoms with E-state index in [9.17, 15) is 4.79 Å². The van der Waals surface area contributed by atoms with Crippen LogP contribution in [0, 0.1) is 11.8 Å². The van der Waals surface area contributed by atoms with E-state index in [1.165, 1.54) is 6.42 Å². The number of amides is 2. The van der Waals surface area contributed by atoms with E-state index in [1.807, 2.05) is 16.8 Å². The lowest BCUT2D eigenvalue weighted by molar-refractivity contribution is 0.0427. The third-order valence-corrected chi connectivity index (χ3v) is 4.17. The van der Waals surface area contributed by atoms with Crippen LogP contribution in [0.25, 0.3) is 0 Å². The summed E-state index contributed by atoms with van der Waals surface area (Å²) in [5, 5.41) is 0. The highest BCUT2D eigenvalue weighted by Crippen LogP contribution is 2.19. The summed E-state index contributed by atoms with van der Waals surface area (Å²) in [5.74, 6) is 1.29. The van der Waals surface area contributed by atoms with Gasteiger partial charge in [0, 0.05) is 39.2 Å². The average molecular weight is 254 g/mol. The number of likely N-dealkylation sites (tertiary alicyclic amines) is 1. The van der Waals surface area contributed by atoms with Crippen LogP contribution in [-0.4, -0.2) is 55.7 Å². The van der Waals surface area contributed by atoms with E-state index in [-0.39, 0.29) is 6.03 Å². The molecule has 4 heteroatoms. The second-order valence-electron chi connectivity index (χ2n) is 5.92. The number of urea groups is 1. The van der Waals surface area contributed by atoms with Gasteiger partial charge in [0.2, 0.25) is 0 Å². The molecule has 18 heavy (non-hydrogen) atoms. The van der Waals surface area contributed by atoms with Crippen molar-refractivity contribution in [3.63, 3.8) is 0 Å². The zero-order valence-corrected chi connectivity index (χ0v) is 11.7. The van der Waals surface area contributed by atoms with E-state index in [0.717, 1.165) is 58.0 Å². The molecule has 0 radical (unpaired) electrons. The molecular weight excluding hydrogens is 228 g/mol. The molecule has 1 atom stereocenters. The number of carbonyl (C=O) groups excluding carboxylic acids is 1. The Balaban J connectivity index is 1.77. The predicted molar refractivity (Wildman–Crippen MR) is 71.5 cm³/mol. The zero-order valence-electron chi connectivity index (χ0n) is 11.7. The molecule has 2 saturated heterocycles. The predicted octanol–water partition coefficient (Wildman–Crippen LogP) is 2.20. The molecule has 2 rings (SSSR count). The Kier molecular flexibility index (Phi) is 4.87. The monoisotopic (exact) mass is 254 g/mol. The lowest BCUT2D eigenvalue weighted by Crippen LogP contribution is -2.46. The van der Waals surface area contributed by atoms with Crippen molar-refractivity contribution < 1.29 is 9.53 Å². The molecule has 1 unspecified atom stereocenters. The molecule has 2 aliphatic rings. The van der Waals surface area contributed by atoms with E-state index in [2.05, 4.69) is 6.92 Å². The Hall–Kier alpha value is -0.770. The molecule has 2 heterocycles. The first-order valence-corrected chi connectivity index (χ1v) is 7.24. The van der Waals surface area contributed by atoms with Crippen molar-refractivity contribution >= 4 is 6.03 Å². The summed E-state index contributed by atoms with van der Waals surface area (Å²) in [4.78, 5) is 16.2. The highest BCUT2D eigenvalue weighted by atomic mass is 16.5. The van der Waals surface area contributed by atoms with Crippen LogP contribution in [0.3, 0.4) is 0 Å². The Labute approximate surface area is 110 Å². The van der Waals surface area contributed by atoms with Crippen molar-refractivity contribution in [1.82, 2.24) is 9.80 Å². The molecule has 104 valence electrons. The molecule has 0 saturated carbocycles. The number of piperidine rings is 1. The van der Waals surface area contributed by atoms with Gasteiger partial charge in [-0.05, 0) is 31.6 Å². The molecule has 0 spiro atoms.